The Kier molecular flexibility index (Phi) is 4.42. The maximum absolute atomic E-state index is 12.8. The molecule has 7 heteroatoms. The molecule has 0 aliphatic carbocycles. The Balaban J connectivity index is 2.11. The summed E-state index contributed by atoms with van der Waals surface area (Å²) in [6, 6.07) is 10.3. The van der Waals surface area contributed by atoms with Gasteiger partial charge in [-0.2, -0.15) is 13.2 Å². The van der Waals surface area contributed by atoms with Crippen molar-refractivity contribution in [1.29, 1.82) is 0 Å². The number of hydrogen-bond donors (Lipinski definition) is 2. The van der Waals surface area contributed by atoms with Gasteiger partial charge in [0.25, 0.3) is 0 Å². The van der Waals surface area contributed by atoms with Gasteiger partial charge in [0.2, 0.25) is 0 Å². The molecule has 0 radical (unpaired) electrons. The first-order chi connectivity index (χ1) is 9.86. The standard InChI is InChI=1S/C14H10F4N2S/c15-9-5-7-10(8-6-9)19-13(21)20-12-4-2-1-3-11(12)14(16,17)18/h1-8H,(H2,19,20,21). The van der Waals surface area contributed by atoms with Gasteiger partial charge in [-0.25, -0.2) is 4.39 Å². The predicted octanol–water partition coefficient (Wildman–Crippen LogP) is 4.65. The molecular formula is C14H10F4N2S. The summed E-state index contributed by atoms with van der Waals surface area (Å²) in [6.07, 6.45) is -4.48. The topological polar surface area (TPSA) is 24.1 Å². The lowest BCUT2D eigenvalue weighted by Crippen LogP contribution is -2.21. The number of para-hydroxylation sites is 1. The molecule has 21 heavy (non-hydrogen) atoms. The molecule has 2 aromatic rings. The SMILES string of the molecule is Fc1ccc(NC(=S)Nc2ccccc2C(F)(F)F)cc1. The Morgan fingerprint density at radius 1 is 0.905 bits per heavy atom. The van der Waals surface area contributed by atoms with Gasteiger partial charge in [0.05, 0.1) is 11.3 Å². The summed E-state index contributed by atoms with van der Waals surface area (Å²) in [6.45, 7) is 0. The van der Waals surface area contributed by atoms with Crippen molar-refractivity contribution in [2.45, 2.75) is 6.18 Å². The Hall–Kier alpha value is -2.15. The van der Waals surface area contributed by atoms with Gasteiger partial charge in [-0.1, -0.05) is 12.1 Å². The van der Waals surface area contributed by atoms with Gasteiger partial charge in [-0.05, 0) is 48.6 Å². The van der Waals surface area contributed by atoms with E-state index in [1.807, 2.05) is 0 Å². The molecule has 0 fully saturated rings. The van der Waals surface area contributed by atoms with E-state index in [1.165, 1.54) is 42.5 Å². The quantitative estimate of drug-likeness (QED) is 0.623. The molecule has 0 heterocycles. The largest absolute Gasteiger partial charge is 0.418 e. The molecule has 2 rings (SSSR count). The van der Waals surface area contributed by atoms with Crippen LogP contribution in [0.4, 0.5) is 28.9 Å². The number of anilines is 2. The van der Waals surface area contributed by atoms with Gasteiger partial charge in [0.15, 0.2) is 5.11 Å². The van der Waals surface area contributed by atoms with E-state index >= 15 is 0 Å². The number of rotatable bonds is 2. The van der Waals surface area contributed by atoms with Crippen LogP contribution in [0.15, 0.2) is 48.5 Å². The zero-order valence-corrected chi connectivity index (χ0v) is 11.4. The zero-order valence-electron chi connectivity index (χ0n) is 10.5. The number of nitrogens with one attached hydrogen (secondary N) is 2. The normalized spacial score (nSPS) is 11.0. The van der Waals surface area contributed by atoms with Gasteiger partial charge in [-0.3, -0.25) is 0 Å². The van der Waals surface area contributed by atoms with Crippen LogP contribution in [0.1, 0.15) is 5.56 Å². The smallest absolute Gasteiger partial charge is 0.332 e. The van der Waals surface area contributed by atoms with Crippen molar-refractivity contribution in [2.24, 2.45) is 0 Å². The molecule has 0 bridgehead atoms. The van der Waals surface area contributed by atoms with Crippen molar-refractivity contribution in [3.63, 3.8) is 0 Å². The maximum Gasteiger partial charge on any atom is 0.418 e. The van der Waals surface area contributed by atoms with Crippen LogP contribution in [0.2, 0.25) is 0 Å². The van der Waals surface area contributed by atoms with E-state index in [9.17, 15) is 17.6 Å². The van der Waals surface area contributed by atoms with Crippen LogP contribution >= 0.6 is 12.2 Å². The fourth-order valence-corrected chi connectivity index (χ4v) is 1.88. The minimum absolute atomic E-state index is 0.0155. The summed E-state index contributed by atoms with van der Waals surface area (Å²) in [5, 5.41) is 5.15. The second-order valence-electron chi connectivity index (χ2n) is 4.13. The van der Waals surface area contributed by atoms with E-state index in [4.69, 9.17) is 12.2 Å². The fraction of sp³-hybridized carbons (Fsp3) is 0.0714. The lowest BCUT2D eigenvalue weighted by atomic mass is 10.1. The number of benzene rings is 2. The van der Waals surface area contributed by atoms with Crippen LogP contribution in [0, 0.1) is 5.82 Å². The molecule has 0 amide bonds. The third kappa shape index (κ3) is 4.16. The third-order valence-electron chi connectivity index (χ3n) is 2.58. The first-order valence-electron chi connectivity index (χ1n) is 5.86. The molecule has 2 N–H and O–H groups in total. The highest BCUT2D eigenvalue weighted by Crippen LogP contribution is 2.34. The van der Waals surface area contributed by atoms with Crippen molar-refractivity contribution >= 4 is 28.7 Å². The van der Waals surface area contributed by atoms with Gasteiger partial charge in [0.1, 0.15) is 5.82 Å². The fourth-order valence-electron chi connectivity index (χ4n) is 1.66. The van der Waals surface area contributed by atoms with E-state index in [0.717, 1.165) is 6.07 Å². The molecule has 110 valence electrons. The predicted molar refractivity (Wildman–Crippen MR) is 77.7 cm³/mol. The molecule has 0 aliphatic rings. The van der Waals surface area contributed by atoms with Crippen LogP contribution in [-0.2, 0) is 6.18 Å². The van der Waals surface area contributed by atoms with E-state index < -0.39 is 17.6 Å². The van der Waals surface area contributed by atoms with Crippen LogP contribution in [0.5, 0.6) is 0 Å². The van der Waals surface area contributed by atoms with E-state index in [1.54, 1.807) is 0 Å². The first-order valence-corrected chi connectivity index (χ1v) is 6.27. The van der Waals surface area contributed by atoms with E-state index in [0.29, 0.717) is 5.69 Å². The molecule has 0 atom stereocenters. The van der Waals surface area contributed by atoms with E-state index in [2.05, 4.69) is 10.6 Å². The summed E-state index contributed by atoms with van der Waals surface area (Å²) in [5.41, 5.74) is -0.490. The zero-order chi connectivity index (χ0) is 15.5. The average molecular weight is 314 g/mol. The highest BCUT2D eigenvalue weighted by molar-refractivity contribution is 7.80. The minimum Gasteiger partial charge on any atom is -0.332 e. The summed E-state index contributed by atoms with van der Waals surface area (Å²) in [4.78, 5) is 0. The first kappa shape index (κ1) is 15.2. The molecular weight excluding hydrogens is 304 g/mol. The van der Waals surface area contributed by atoms with Crippen molar-refractivity contribution < 1.29 is 17.6 Å². The number of halogens is 4. The average Bonchev–Trinajstić information content (AvgIpc) is 2.41. The Morgan fingerprint density at radius 2 is 1.52 bits per heavy atom. The van der Waals surface area contributed by atoms with Gasteiger partial charge < -0.3 is 10.6 Å². The summed E-state index contributed by atoms with van der Waals surface area (Å²) >= 11 is 4.95. The van der Waals surface area contributed by atoms with Crippen molar-refractivity contribution in [2.75, 3.05) is 10.6 Å². The summed E-state index contributed by atoms with van der Waals surface area (Å²) in [5.74, 6) is -0.415. The Morgan fingerprint density at radius 3 is 2.14 bits per heavy atom. The van der Waals surface area contributed by atoms with Gasteiger partial charge in [0, 0.05) is 5.69 Å². The van der Waals surface area contributed by atoms with Gasteiger partial charge in [-0.15, -0.1) is 0 Å². The van der Waals surface area contributed by atoms with Crippen LogP contribution in [0.3, 0.4) is 0 Å². The monoisotopic (exact) mass is 314 g/mol. The van der Waals surface area contributed by atoms with Crippen LogP contribution < -0.4 is 10.6 Å². The molecule has 2 nitrogen and oxygen atoms in total. The highest BCUT2D eigenvalue weighted by Gasteiger charge is 2.33. The second kappa shape index (κ2) is 6.09. The van der Waals surface area contributed by atoms with Crippen molar-refractivity contribution in [3.8, 4) is 0 Å². The molecule has 0 aliphatic heterocycles. The highest BCUT2D eigenvalue weighted by atomic mass is 32.1. The van der Waals surface area contributed by atoms with Crippen LogP contribution in [0.25, 0.3) is 0 Å². The van der Waals surface area contributed by atoms with Crippen molar-refractivity contribution in [1.82, 2.24) is 0 Å². The lowest BCUT2D eigenvalue weighted by molar-refractivity contribution is -0.136. The molecule has 0 unspecified atom stereocenters. The van der Waals surface area contributed by atoms with Crippen LogP contribution in [-0.4, -0.2) is 5.11 Å². The molecule has 0 spiro atoms. The number of alkyl halides is 3. The Labute approximate surface area is 123 Å². The summed E-state index contributed by atoms with van der Waals surface area (Å²) in [7, 11) is 0. The van der Waals surface area contributed by atoms with E-state index in [-0.39, 0.29) is 10.8 Å². The third-order valence-corrected chi connectivity index (χ3v) is 2.79. The number of hydrogen-bond acceptors (Lipinski definition) is 1. The number of thiocarbonyl (C=S) groups is 1. The molecule has 0 saturated heterocycles. The molecule has 0 aromatic heterocycles. The minimum atomic E-state index is -4.48. The molecule has 2 aromatic carbocycles. The van der Waals surface area contributed by atoms with Gasteiger partial charge >= 0.3 is 6.18 Å². The Bertz CT molecular complexity index is 638. The lowest BCUT2D eigenvalue weighted by Gasteiger charge is -2.15. The molecule has 0 saturated carbocycles. The maximum atomic E-state index is 12.8. The van der Waals surface area contributed by atoms with Crippen molar-refractivity contribution in [3.05, 3.63) is 59.9 Å². The second-order valence-corrected chi connectivity index (χ2v) is 4.54. The summed E-state index contributed by atoms with van der Waals surface area (Å²) < 4.78 is 51.2.